The summed E-state index contributed by atoms with van der Waals surface area (Å²) in [5.41, 5.74) is -0.560. The molecular weight excluding hydrogens is 268 g/mol. The molecule has 0 aromatic rings. The van der Waals surface area contributed by atoms with Gasteiger partial charge in [0.05, 0.1) is 0 Å². The van der Waals surface area contributed by atoms with Crippen molar-refractivity contribution >= 4 is 12.0 Å². The summed E-state index contributed by atoms with van der Waals surface area (Å²) in [4.78, 5) is 26.4. The number of amides is 2. The third-order valence-electron chi connectivity index (χ3n) is 3.70. The van der Waals surface area contributed by atoms with Crippen molar-refractivity contribution < 1.29 is 14.3 Å². The van der Waals surface area contributed by atoms with Gasteiger partial charge in [-0.2, -0.15) is 0 Å². The van der Waals surface area contributed by atoms with Crippen molar-refractivity contribution in [1.29, 1.82) is 0 Å². The second-order valence-electron chi connectivity index (χ2n) is 7.38. The van der Waals surface area contributed by atoms with E-state index in [-0.39, 0.29) is 11.8 Å². The lowest BCUT2D eigenvalue weighted by Crippen LogP contribution is -2.53. The van der Waals surface area contributed by atoms with Crippen LogP contribution in [0.15, 0.2) is 0 Å². The number of rotatable bonds is 3. The summed E-state index contributed by atoms with van der Waals surface area (Å²) in [6.45, 7) is 13.1. The summed E-state index contributed by atoms with van der Waals surface area (Å²) in [6, 6.07) is -0.520. The number of piperidine rings is 1. The molecule has 1 N–H and O–H groups in total. The Morgan fingerprint density at radius 3 is 2.14 bits per heavy atom. The quantitative estimate of drug-likeness (QED) is 0.871. The second-order valence-corrected chi connectivity index (χ2v) is 7.38. The lowest BCUT2D eigenvalue weighted by molar-refractivity contribution is -0.135. The molecule has 0 radical (unpaired) electrons. The number of nitrogens with zero attached hydrogens (tertiary/aromatic N) is 1. The van der Waals surface area contributed by atoms with E-state index in [0.717, 1.165) is 25.9 Å². The summed E-state index contributed by atoms with van der Waals surface area (Å²) in [5, 5.41) is 2.73. The number of alkyl carbamates (subject to hydrolysis) is 1. The van der Waals surface area contributed by atoms with Crippen molar-refractivity contribution in [2.24, 2.45) is 11.8 Å². The summed E-state index contributed by atoms with van der Waals surface area (Å²) < 4.78 is 5.25. The van der Waals surface area contributed by atoms with E-state index in [2.05, 4.69) is 12.2 Å². The Hall–Kier alpha value is -1.26. The lowest BCUT2D eigenvalue weighted by atomic mass is 9.97. The van der Waals surface area contributed by atoms with Crippen LogP contribution in [-0.4, -0.2) is 41.6 Å². The van der Waals surface area contributed by atoms with Crippen molar-refractivity contribution in [3.63, 3.8) is 0 Å². The van der Waals surface area contributed by atoms with E-state index in [4.69, 9.17) is 4.74 Å². The van der Waals surface area contributed by atoms with Crippen LogP contribution in [0.5, 0.6) is 0 Å². The summed E-state index contributed by atoms with van der Waals surface area (Å²) in [6.07, 6.45) is 1.53. The monoisotopic (exact) mass is 298 g/mol. The average molecular weight is 298 g/mol. The van der Waals surface area contributed by atoms with Gasteiger partial charge >= 0.3 is 6.09 Å². The Morgan fingerprint density at radius 1 is 1.19 bits per heavy atom. The minimum Gasteiger partial charge on any atom is -0.444 e. The average Bonchev–Trinajstić information content (AvgIpc) is 2.33. The van der Waals surface area contributed by atoms with Gasteiger partial charge in [0.15, 0.2) is 0 Å². The van der Waals surface area contributed by atoms with Crippen molar-refractivity contribution in [2.75, 3.05) is 13.1 Å². The summed E-state index contributed by atoms with van der Waals surface area (Å²) in [5.74, 6) is 0.706. The third kappa shape index (κ3) is 5.94. The van der Waals surface area contributed by atoms with E-state index in [1.165, 1.54) is 0 Å². The van der Waals surface area contributed by atoms with Crippen LogP contribution in [0.2, 0.25) is 0 Å². The van der Waals surface area contributed by atoms with Gasteiger partial charge in [-0.05, 0) is 45.4 Å². The number of nitrogens with one attached hydrogen (secondary N) is 1. The van der Waals surface area contributed by atoms with Gasteiger partial charge in [-0.1, -0.05) is 20.8 Å². The highest BCUT2D eigenvalue weighted by molar-refractivity contribution is 5.86. The molecule has 122 valence electrons. The van der Waals surface area contributed by atoms with Gasteiger partial charge in [0.25, 0.3) is 0 Å². The van der Waals surface area contributed by atoms with Crippen molar-refractivity contribution in [3.05, 3.63) is 0 Å². The molecule has 5 nitrogen and oxygen atoms in total. The van der Waals surface area contributed by atoms with Gasteiger partial charge < -0.3 is 15.0 Å². The molecular formula is C16H30N2O3. The Bertz CT molecular complexity index is 366. The molecule has 1 aliphatic rings. The minimum absolute atomic E-state index is 0.00255. The molecule has 0 bridgehead atoms. The largest absolute Gasteiger partial charge is 0.444 e. The topological polar surface area (TPSA) is 58.6 Å². The fourth-order valence-corrected chi connectivity index (χ4v) is 2.37. The van der Waals surface area contributed by atoms with Crippen molar-refractivity contribution in [2.45, 2.75) is 66.0 Å². The highest BCUT2D eigenvalue weighted by atomic mass is 16.6. The van der Waals surface area contributed by atoms with Gasteiger partial charge in [0.1, 0.15) is 11.6 Å². The van der Waals surface area contributed by atoms with Crippen molar-refractivity contribution in [1.82, 2.24) is 10.2 Å². The van der Waals surface area contributed by atoms with Gasteiger partial charge in [0, 0.05) is 13.1 Å². The Balaban J connectivity index is 2.64. The van der Waals surface area contributed by atoms with E-state index in [1.54, 1.807) is 0 Å². The molecule has 2 amide bonds. The predicted octanol–water partition coefficient (Wildman–Crippen LogP) is 2.79. The molecule has 0 unspecified atom stereocenters. The van der Waals surface area contributed by atoms with Crippen LogP contribution in [0.4, 0.5) is 4.79 Å². The minimum atomic E-state index is -0.560. The Kier molecular flexibility index (Phi) is 6.05. The molecule has 0 aromatic carbocycles. The van der Waals surface area contributed by atoms with Crippen LogP contribution >= 0.6 is 0 Å². The van der Waals surface area contributed by atoms with E-state index < -0.39 is 17.7 Å². The zero-order valence-corrected chi connectivity index (χ0v) is 14.2. The number of hydrogen-bond donors (Lipinski definition) is 1. The number of likely N-dealkylation sites (tertiary alicyclic amines) is 1. The maximum Gasteiger partial charge on any atom is 0.408 e. The summed E-state index contributed by atoms with van der Waals surface area (Å²) in [7, 11) is 0. The third-order valence-corrected chi connectivity index (χ3v) is 3.70. The maximum absolute atomic E-state index is 12.6. The van der Waals surface area contributed by atoms with E-state index in [0.29, 0.717) is 5.92 Å². The van der Waals surface area contributed by atoms with E-state index in [1.807, 2.05) is 39.5 Å². The molecule has 0 aromatic heterocycles. The molecule has 0 saturated carbocycles. The molecule has 1 fully saturated rings. The zero-order valence-electron chi connectivity index (χ0n) is 14.2. The molecule has 1 aliphatic heterocycles. The SMILES string of the molecule is CC1CCN(C(=O)[C@@H](NC(=O)OC(C)(C)C)C(C)C)CC1. The highest BCUT2D eigenvalue weighted by Gasteiger charge is 2.31. The van der Waals surface area contributed by atoms with Crippen LogP contribution in [0.3, 0.4) is 0 Å². The highest BCUT2D eigenvalue weighted by Crippen LogP contribution is 2.18. The van der Waals surface area contributed by atoms with Crippen LogP contribution in [0.1, 0.15) is 54.4 Å². The molecule has 1 saturated heterocycles. The normalized spacial score (nSPS) is 18.5. The second kappa shape index (κ2) is 7.14. The Labute approximate surface area is 128 Å². The first-order valence-corrected chi connectivity index (χ1v) is 7.88. The number of carbonyl (C=O) groups is 2. The van der Waals surface area contributed by atoms with Gasteiger partial charge in [0.2, 0.25) is 5.91 Å². The first-order chi connectivity index (χ1) is 9.60. The van der Waals surface area contributed by atoms with E-state index >= 15 is 0 Å². The number of hydrogen-bond acceptors (Lipinski definition) is 3. The van der Waals surface area contributed by atoms with E-state index in [9.17, 15) is 9.59 Å². The van der Waals surface area contributed by atoms with Crippen LogP contribution in [0, 0.1) is 11.8 Å². The fourth-order valence-electron chi connectivity index (χ4n) is 2.37. The van der Waals surface area contributed by atoms with Gasteiger partial charge in [-0.3, -0.25) is 4.79 Å². The number of ether oxygens (including phenoxy) is 1. The molecule has 5 heteroatoms. The van der Waals surface area contributed by atoms with Crippen LogP contribution < -0.4 is 5.32 Å². The summed E-state index contributed by atoms with van der Waals surface area (Å²) >= 11 is 0. The molecule has 1 heterocycles. The molecule has 1 rings (SSSR count). The molecule has 0 aliphatic carbocycles. The lowest BCUT2D eigenvalue weighted by Gasteiger charge is -2.34. The van der Waals surface area contributed by atoms with Gasteiger partial charge in [-0.25, -0.2) is 4.79 Å². The smallest absolute Gasteiger partial charge is 0.408 e. The molecule has 1 atom stereocenters. The first-order valence-electron chi connectivity index (χ1n) is 7.88. The predicted molar refractivity (Wildman–Crippen MR) is 83.0 cm³/mol. The van der Waals surface area contributed by atoms with Gasteiger partial charge in [-0.15, -0.1) is 0 Å². The van der Waals surface area contributed by atoms with Crippen molar-refractivity contribution in [3.8, 4) is 0 Å². The number of carbonyl (C=O) groups excluding carboxylic acids is 2. The van der Waals surface area contributed by atoms with Crippen LogP contribution in [-0.2, 0) is 9.53 Å². The molecule has 0 spiro atoms. The zero-order chi connectivity index (χ0) is 16.2. The van der Waals surface area contributed by atoms with Crippen LogP contribution in [0.25, 0.3) is 0 Å². The fraction of sp³-hybridized carbons (Fsp3) is 0.875. The standard InChI is InChI=1S/C16H30N2O3/c1-11(2)13(17-15(20)21-16(4,5)6)14(19)18-9-7-12(3)8-10-18/h11-13H,7-10H2,1-6H3,(H,17,20)/t13-/m0/s1. The molecule has 21 heavy (non-hydrogen) atoms. The Morgan fingerprint density at radius 2 is 1.71 bits per heavy atom. The maximum atomic E-state index is 12.6. The first kappa shape index (κ1) is 17.8.